The summed E-state index contributed by atoms with van der Waals surface area (Å²) in [6.07, 6.45) is 0. The number of rotatable bonds is 6. The van der Waals surface area contributed by atoms with E-state index in [0.717, 1.165) is 24.6 Å². The molecule has 0 amide bonds. The van der Waals surface area contributed by atoms with Crippen LogP contribution in [0, 0.1) is 6.92 Å². The topological polar surface area (TPSA) is 21.3 Å². The maximum atomic E-state index is 5.86. The Labute approximate surface area is 135 Å². The molecular formula is C19H19NOS. The molecule has 0 radical (unpaired) electrons. The summed E-state index contributed by atoms with van der Waals surface area (Å²) in [4.78, 5) is 2.73. The van der Waals surface area contributed by atoms with Gasteiger partial charge < -0.3 is 10.1 Å². The monoisotopic (exact) mass is 309 g/mol. The highest BCUT2D eigenvalue weighted by Gasteiger charge is 2.00. The van der Waals surface area contributed by atoms with Crippen molar-refractivity contribution in [1.82, 2.24) is 5.32 Å². The predicted molar refractivity (Wildman–Crippen MR) is 92.6 cm³/mol. The molecule has 112 valence electrons. The van der Waals surface area contributed by atoms with E-state index in [1.54, 1.807) is 0 Å². The molecule has 2 aromatic carbocycles. The third-order valence-corrected chi connectivity index (χ3v) is 4.30. The van der Waals surface area contributed by atoms with Gasteiger partial charge in [-0.25, -0.2) is 0 Å². The van der Waals surface area contributed by atoms with Crippen LogP contribution < -0.4 is 10.1 Å². The van der Waals surface area contributed by atoms with Gasteiger partial charge in [0.25, 0.3) is 0 Å². The average molecular weight is 309 g/mol. The third-order valence-electron chi connectivity index (χ3n) is 3.30. The van der Waals surface area contributed by atoms with E-state index in [1.165, 1.54) is 15.3 Å². The number of hydrogen-bond acceptors (Lipinski definition) is 3. The van der Waals surface area contributed by atoms with Gasteiger partial charge in [0.2, 0.25) is 0 Å². The fourth-order valence-electron chi connectivity index (χ4n) is 2.25. The van der Waals surface area contributed by atoms with Gasteiger partial charge >= 0.3 is 0 Å². The molecule has 0 bridgehead atoms. The van der Waals surface area contributed by atoms with Crippen LogP contribution in [-0.4, -0.2) is 0 Å². The lowest BCUT2D eigenvalue weighted by Gasteiger charge is -2.08. The minimum Gasteiger partial charge on any atom is -0.457 e. The summed E-state index contributed by atoms with van der Waals surface area (Å²) in [5.74, 6) is 1.74. The normalized spacial score (nSPS) is 10.6. The van der Waals surface area contributed by atoms with Crippen LogP contribution >= 0.6 is 11.3 Å². The Morgan fingerprint density at radius 3 is 2.45 bits per heavy atom. The van der Waals surface area contributed by atoms with E-state index in [-0.39, 0.29) is 0 Å². The molecule has 0 aliphatic rings. The molecule has 0 saturated carbocycles. The van der Waals surface area contributed by atoms with Crippen LogP contribution in [-0.2, 0) is 13.1 Å². The summed E-state index contributed by atoms with van der Waals surface area (Å²) in [7, 11) is 0. The van der Waals surface area contributed by atoms with Crippen molar-refractivity contribution in [3.05, 3.63) is 82.0 Å². The van der Waals surface area contributed by atoms with E-state index >= 15 is 0 Å². The smallest absolute Gasteiger partial charge is 0.127 e. The molecule has 3 heteroatoms. The highest BCUT2D eigenvalue weighted by atomic mass is 32.1. The Bertz CT molecular complexity index is 721. The van der Waals surface area contributed by atoms with Crippen molar-refractivity contribution in [2.45, 2.75) is 20.0 Å². The van der Waals surface area contributed by atoms with Gasteiger partial charge in [-0.1, -0.05) is 30.3 Å². The average Bonchev–Trinajstić information content (AvgIpc) is 2.94. The molecule has 1 heterocycles. The zero-order chi connectivity index (χ0) is 15.2. The number of nitrogens with one attached hydrogen (secondary N) is 1. The first kappa shape index (κ1) is 14.8. The third kappa shape index (κ3) is 4.20. The van der Waals surface area contributed by atoms with Crippen LogP contribution in [0.5, 0.6) is 11.5 Å². The summed E-state index contributed by atoms with van der Waals surface area (Å²) in [5, 5.41) is 3.48. The van der Waals surface area contributed by atoms with Crippen LogP contribution in [0.25, 0.3) is 0 Å². The predicted octanol–water partition coefficient (Wildman–Crippen LogP) is 5.14. The quantitative estimate of drug-likeness (QED) is 0.681. The summed E-state index contributed by atoms with van der Waals surface area (Å²) in [6, 6.07) is 22.4. The molecule has 0 fully saturated rings. The first-order valence-electron chi connectivity index (χ1n) is 7.37. The van der Waals surface area contributed by atoms with Crippen molar-refractivity contribution in [3.63, 3.8) is 0 Å². The van der Waals surface area contributed by atoms with Crippen molar-refractivity contribution >= 4 is 11.3 Å². The fraction of sp³-hybridized carbons (Fsp3) is 0.158. The van der Waals surface area contributed by atoms with Gasteiger partial charge in [0.05, 0.1) is 0 Å². The first-order valence-corrected chi connectivity index (χ1v) is 8.19. The van der Waals surface area contributed by atoms with E-state index in [4.69, 9.17) is 4.74 Å². The SMILES string of the molecule is Cc1ccc(CNCc2cccc(Oc3ccccc3)c2)s1. The van der Waals surface area contributed by atoms with E-state index in [9.17, 15) is 0 Å². The van der Waals surface area contributed by atoms with E-state index in [1.807, 2.05) is 53.8 Å². The molecule has 3 aromatic rings. The molecule has 3 rings (SSSR count). The van der Waals surface area contributed by atoms with Crippen LogP contribution in [0.2, 0.25) is 0 Å². The summed E-state index contributed by atoms with van der Waals surface area (Å²) < 4.78 is 5.86. The van der Waals surface area contributed by atoms with E-state index in [0.29, 0.717) is 0 Å². The lowest BCUT2D eigenvalue weighted by atomic mass is 10.2. The van der Waals surface area contributed by atoms with Gasteiger partial charge in [-0.15, -0.1) is 11.3 Å². The van der Waals surface area contributed by atoms with Gasteiger partial charge in [0.15, 0.2) is 0 Å². The minimum absolute atomic E-state index is 0.836. The Kier molecular flexibility index (Phi) is 4.88. The Balaban J connectivity index is 1.57. The van der Waals surface area contributed by atoms with Crippen molar-refractivity contribution in [2.75, 3.05) is 0 Å². The van der Waals surface area contributed by atoms with Crippen molar-refractivity contribution < 1.29 is 4.74 Å². The molecule has 1 N–H and O–H groups in total. The number of ether oxygens (including phenoxy) is 1. The van der Waals surface area contributed by atoms with Gasteiger partial charge in [0.1, 0.15) is 11.5 Å². The molecule has 0 unspecified atom stereocenters. The Hall–Kier alpha value is -2.10. The van der Waals surface area contributed by atoms with Crippen molar-refractivity contribution in [2.24, 2.45) is 0 Å². The van der Waals surface area contributed by atoms with E-state index in [2.05, 4.69) is 36.5 Å². The summed E-state index contributed by atoms with van der Waals surface area (Å²) in [5.41, 5.74) is 1.22. The van der Waals surface area contributed by atoms with Gasteiger partial charge in [0, 0.05) is 22.8 Å². The van der Waals surface area contributed by atoms with Gasteiger partial charge in [-0.3, -0.25) is 0 Å². The highest BCUT2D eigenvalue weighted by molar-refractivity contribution is 7.11. The molecule has 2 nitrogen and oxygen atoms in total. The molecule has 0 saturated heterocycles. The number of thiophene rings is 1. The fourth-order valence-corrected chi connectivity index (χ4v) is 3.11. The van der Waals surface area contributed by atoms with Crippen LogP contribution in [0.1, 0.15) is 15.3 Å². The molecule has 22 heavy (non-hydrogen) atoms. The van der Waals surface area contributed by atoms with E-state index < -0.39 is 0 Å². The number of para-hydroxylation sites is 1. The maximum Gasteiger partial charge on any atom is 0.127 e. The van der Waals surface area contributed by atoms with Crippen LogP contribution in [0.4, 0.5) is 0 Å². The zero-order valence-electron chi connectivity index (χ0n) is 12.6. The molecule has 1 aromatic heterocycles. The Morgan fingerprint density at radius 1 is 0.864 bits per heavy atom. The second-order valence-electron chi connectivity index (χ2n) is 5.18. The summed E-state index contributed by atoms with van der Waals surface area (Å²) >= 11 is 1.84. The second kappa shape index (κ2) is 7.25. The van der Waals surface area contributed by atoms with Crippen molar-refractivity contribution in [3.8, 4) is 11.5 Å². The lowest BCUT2D eigenvalue weighted by Crippen LogP contribution is -2.11. The first-order chi connectivity index (χ1) is 10.8. The second-order valence-corrected chi connectivity index (χ2v) is 6.55. The standard InChI is InChI=1S/C19H19NOS/c1-15-10-11-19(22-15)14-20-13-16-6-5-9-18(12-16)21-17-7-3-2-4-8-17/h2-12,20H,13-14H2,1H3. The highest BCUT2D eigenvalue weighted by Crippen LogP contribution is 2.22. The lowest BCUT2D eigenvalue weighted by molar-refractivity contribution is 0.481. The zero-order valence-corrected chi connectivity index (χ0v) is 13.4. The van der Waals surface area contributed by atoms with Crippen LogP contribution in [0.3, 0.4) is 0 Å². The Morgan fingerprint density at radius 2 is 1.68 bits per heavy atom. The largest absolute Gasteiger partial charge is 0.457 e. The molecule has 0 atom stereocenters. The number of hydrogen-bond donors (Lipinski definition) is 1. The summed E-state index contributed by atoms with van der Waals surface area (Å²) in [6.45, 7) is 3.88. The van der Waals surface area contributed by atoms with Gasteiger partial charge in [-0.2, -0.15) is 0 Å². The minimum atomic E-state index is 0.836. The van der Waals surface area contributed by atoms with Crippen LogP contribution in [0.15, 0.2) is 66.7 Å². The molecule has 0 aliphatic carbocycles. The molecular weight excluding hydrogens is 290 g/mol. The number of benzene rings is 2. The molecule has 0 aliphatic heterocycles. The van der Waals surface area contributed by atoms with Crippen molar-refractivity contribution in [1.29, 1.82) is 0 Å². The molecule has 0 spiro atoms. The van der Waals surface area contributed by atoms with Gasteiger partial charge in [-0.05, 0) is 48.9 Å². The maximum absolute atomic E-state index is 5.86. The number of aryl methyl sites for hydroxylation is 1.